The van der Waals surface area contributed by atoms with Crippen molar-refractivity contribution in [3.8, 4) is 0 Å². The number of aromatic amines is 1. The zero-order valence-electron chi connectivity index (χ0n) is 9.63. The lowest BCUT2D eigenvalue weighted by molar-refractivity contribution is -0.142. The molecule has 1 rings (SSSR count). The summed E-state index contributed by atoms with van der Waals surface area (Å²) in [5, 5.41) is 0.214. The first-order valence-corrected chi connectivity index (χ1v) is 6.36. The maximum atomic E-state index is 12.8. The van der Waals surface area contributed by atoms with Gasteiger partial charge in [0.15, 0.2) is 0 Å². The van der Waals surface area contributed by atoms with Crippen LogP contribution in [0, 0.1) is 0 Å². The first-order valence-electron chi connectivity index (χ1n) is 5.24. The summed E-state index contributed by atoms with van der Waals surface area (Å²) in [6, 6.07) is 1.19. The van der Waals surface area contributed by atoms with E-state index in [1.54, 1.807) is 6.92 Å². The molecule has 0 saturated carbocycles. The molecule has 1 heterocycles. The molecule has 18 heavy (non-hydrogen) atoms. The van der Waals surface area contributed by atoms with E-state index in [0.29, 0.717) is 5.56 Å². The number of ether oxygens (including phenoxy) is 1. The van der Waals surface area contributed by atoms with Crippen molar-refractivity contribution in [2.24, 2.45) is 0 Å². The lowest BCUT2D eigenvalue weighted by atomic mass is 10.0. The molecule has 1 aromatic rings. The van der Waals surface area contributed by atoms with Crippen molar-refractivity contribution < 1.29 is 18.3 Å². The van der Waals surface area contributed by atoms with Gasteiger partial charge < -0.3 is 9.72 Å². The van der Waals surface area contributed by atoms with Crippen LogP contribution < -0.4 is 5.56 Å². The van der Waals surface area contributed by atoms with Crippen molar-refractivity contribution in [1.29, 1.82) is 0 Å². The molecular formula is C11H12BrF2NO3. The van der Waals surface area contributed by atoms with Gasteiger partial charge in [-0.1, -0.05) is 15.9 Å². The van der Waals surface area contributed by atoms with Crippen molar-refractivity contribution in [3.05, 3.63) is 33.2 Å². The van der Waals surface area contributed by atoms with Gasteiger partial charge in [-0.3, -0.25) is 9.59 Å². The number of halogens is 3. The number of nitrogens with one attached hydrogen (secondary N) is 1. The minimum atomic E-state index is -2.85. The third-order valence-electron chi connectivity index (χ3n) is 2.26. The smallest absolute Gasteiger partial charge is 0.310 e. The van der Waals surface area contributed by atoms with Gasteiger partial charge in [-0.25, -0.2) is 8.78 Å². The van der Waals surface area contributed by atoms with Gasteiger partial charge in [-0.05, 0) is 18.1 Å². The first-order chi connectivity index (χ1) is 8.49. The number of H-pyrrole nitrogens is 1. The molecular weight excluding hydrogens is 312 g/mol. The van der Waals surface area contributed by atoms with Gasteiger partial charge in [0.05, 0.1) is 18.7 Å². The zero-order valence-corrected chi connectivity index (χ0v) is 11.2. The first kappa shape index (κ1) is 14.8. The highest BCUT2D eigenvalue weighted by atomic mass is 79.9. The van der Waals surface area contributed by atoms with Crippen LogP contribution in [0.4, 0.5) is 8.78 Å². The van der Waals surface area contributed by atoms with Gasteiger partial charge in [0.2, 0.25) is 5.56 Å². The molecule has 100 valence electrons. The number of carbonyl (C=O) groups excluding carboxylic acids is 1. The van der Waals surface area contributed by atoms with Crippen LogP contribution >= 0.6 is 15.9 Å². The number of alkyl halides is 3. The van der Waals surface area contributed by atoms with Crippen LogP contribution in [0.3, 0.4) is 0 Å². The molecule has 0 aliphatic carbocycles. The SMILES string of the molecule is CCOC(=O)Cc1c(CBr)cc(=O)[nH]c1C(F)F. The Bertz CT molecular complexity index is 488. The Labute approximate surface area is 110 Å². The fourth-order valence-electron chi connectivity index (χ4n) is 1.53. The van der Waals surface area contributed by atoms with E-state index in [1.165, 1.54) is 6.07 Å². The molecule has 0 saturated heterocycles. The Hall–Kier alpha value is -1.24. The van der Waals surface area contributed by atoms with E-state index >= 15 is 0 Å². The third kappa shape index (κ3) is 3.63. The number of aromatic nitrogens is 1. The van der Waals surface area contributed by atoms with E-state index in [4.69, 9.17) is 4.74 Å². The average Bonchev–Trinajstić information content (AvgIpc) is 2.30. The minimum absolute atomic E-state index is 0.111. The highest BCUT2D eigenvalue weighted by Gasteiger charge is 2.20. The number of esters is 1. The van der Waals surface area contributed by atoms with E-state index in [2.05, 4.69) is 20.9 Å². The Morgan fingerprint density at radius 3 is 2.72 bits per heavy atom. The van der Waals surface area contributed by atoms with E-state index in [1.807, 2.05) is 0 Å². The summed E-state index contributed by atoms with van der Waals surface area (Å²) in [5.74, 6) is -0.603. The van der Waals surface area contributed by atoms with Gasteiger partial charge in [-0.2, -0.15) is 0 Å². The van der Waals surface area contributed by atoms with Gasteiger partial charge >= 0.3 is 5.97 Å². The maximum Gasteiger partial charge on any atom is 0.310 e. The number of rotatable bonds is 5. The van der Waals surface area contributed by atoms with Crippen molar-refractivity contribution in [2.75, 3.05) is 6.61 Å². The van der Waals surface area contributed by atoms with Crippen molar-refractivity contribution in [1.82, 2.24) is 4.98 Å². The molecule has 0 unspecified atom stereocenters. The molecule has 0 aromatic carbocycles. The van der Waals surface area contributed by atoms with E-state index in [9.17, 15) is 18.4 Å². The predicted octanol–water partition coefficient (Wildman–Crippen LogP) is 2.31. The highest BCUT2D eigenvalue weighted by Crippen LogP contribution is 2.24. The maximum absolute atomic E-state index is 12.8. The summed E-state index contributed by atoms with van der Waals surface area (Å²) in [6.07, 6.45) is -3.13. The number of hydrogen-bond acceptors (Lipinski definition) is 3. The summed E-state index contributed by atoms with van der Waals surface area (Å²) in [5.41, 5.74) is -0.667. The van der Waals surface area contributed by atoms with Crippen LogP contribution in [0.2, 0.25) is 0 Å². The van der Waals surface area contributed by atoms with Gasteiger partial charge in [-0.15, -0.1) is 0 Å². The van der Waals surface area contributed by atoms with Crippen LogP contribution in [0.25, 0.3) is 0 Å². The largest absolute Gasteiger partial charge is 0.466 e. The van der Waals surface area contributed by atoms with Gasteiger partial charge in [0.1, 0.15) is 0 Å². The highest BCUT2D eigenvalue weighted by molar-refractivity contribution is 9.08. The molecule has 0 amide bonds. The molecule has 0 bridgehead atoms. The molecule has 4 nitrogen and oxygen atoms in total. The second kappa shape index (κ2) is 6.63. The minimum Gasteiger partial charge on any atom is -0.466 e. The fourth-order valence-corrected chi connectivity index (χ4v) is 2.03. The predicted molar refractivity (Wildman–Crippen MR) is 65.0 cm³/mol. The molecule has 0 radical (unpaired) electrons. The van der Waals surface area contributed by atoms with Crippen LogP contribution in [0.5, 0.6) is 0 Å². The van der Waals surface area contributed by atoms with Crippen LogP contribution in [0.15, 0.2) is 10.9 Å². The zero-order chi connectivity index (χ0) is 13.7. The average molecular weight is 324 g/mol. The quantitative estimate of drug-likeness (QED) is 0.668. The lowest BCUT2D eigenvalue weighted by Gasteiger charge is -2.12. The third-order valence-corrected chi connectivity index (χ3v) is 2.87. The Morgan fingerprint density at radius 2 is 2.22 bits per heavy atom. The van der Waals surface area contributed by atoms with E-state index in [-0.39, 0.29) is 23.9 Å². The Kier molecular flexibility index (Phi) is 5.46. The molecule has 0 aliphatic rings. The topological polar surface area (TPSA) is 59.2 Å². The molecule has 0 aliphatic heterocycles. The van der Waals surface area contributed by atoms with Crippen molar-refractivity contribution in [2.45, 2.75) is 25.1 Å². The van der Waals surface area contributed by atoms with E-state index in [0.717, 1.165) is 0 Å². The summed E-state index contributed by atoms with van der Waals surface area (Å²) in [6.45, 7) is 1.81. The Balaban J connectivity index is 3.21. The summed E-state index contributed by atoms with van der Waals surface area (Å²) >= 11 is 3.10. The Morgan fingerprint density at radius 1 is 1.56 bits per heavy atom. The van der Waals surface area contributed by atoms with Gasteiger partial charge in [0.25, 0.3) is 6.43 Å². The normalized spacial score (nSPS) is 10.7. The standard InChI is InChI=1S/C11H12BrF2NO3/c1-2-18-9(17)4-7-6(5-12)3-8(16)15-10(7)11(13)14/h3,11H,2,4-5H2,1H3,(H,15,16). The molecule has 1 N–H and O–H groups in total. The number of hydrogen-bond donors (Lipinski definition) is 1. The summed E-state index contributed by atoms with van der Waals surface area (Å²) in [4.78, 5) is 24.6. The lowest BCUT2D eigenvalue weighted by Crippen LogP contribution is -2.18. The molecule has 1 aromatic heterocycles. The molecule has 0 atom stereocenters. The molecule has 0 spiro atoms. The van der Waals surface area contributed by atoms with Crippen molar-refractivity contribution >= 4 is 21.9 Å². The summed E-state index contributed by atoms with van der Waals surface area (Å²) in [7, 11) is 0. The van der Waals surface area contributed by atoms with Crippen molar-refractivity contribution in [3.63, 3.8) is 0 Å². The second-order valence-electron chi connectivity index (χ2n) is 3.47. The van der Waals surface area contributed by atoms with E-state index < -0.39 is 23.6 Å². The fraction of sp³-hybridized carbons (Fsp3) is 0.455. The number of carbonyl (C=O) groups is 1. The monoisotopic (exact) mass is 323 g/mol. The molecule has 0 fully saturated rings. The van der Waals surface area contributed by atoms with Gasteiger partial charge in [0, 0.05) is 11.4 Å². The van der Waals surface area contributed by atoms with Crippen LogP contribution in [0.1, 0.15) is 30.2 Å². The van der Waals surface area contributed by atoms with Crippen LogP contribution in [-0.2, 0) is 21.3 Å². The second-order valence-corrected chi connectivity index (χ2v) is 4.03. The molecule has 7 heteroatoms. The summed E-state index contributed by atoms with van der Waals surface area (Å²) < 4.78 is 30.4. The number of pyridine rings is 1. The van der Waals surface area contributed by atoms with Crippen LogP contribution in [-0.4, -0.2) is 17.6 Å².